The molecule has 6 nitrogen and oxygen atoms in total. The fourth-order valence-electron chi connectivity index (χ4n) is 5.00. The molecule has 2 aliphatic rings. The molecule has 37 heavy (non-hydrogen) atoms. The monoisotopic (exact) mass is 519 g/mol. The topological polar surface area (TPSA) is 71.5 Å². The van der Waals surface area contributed by atoms with Gasteiger partial charge in [-0.1, -0.05) is 17.7 Å². The molecule has 194 valence electrons. The molecule has 2 heterocycles. The second-order valence-corrected chi connectivity index (χ2v) is 10.8. The molecule has 0 spiro atoms. The van der Waals surface area contributed by atoms with Crippen LogP contribution in [0.4, 0.5) is 0 Å². The number of carbonyl (C=O) groups is 2. The molecule has 1 saturated carbocycles. The molecule has 1 aliphatic heterocycles. The first-order valence-electron chi connectivity index (χ1n) is 13.3. The molecule has 0 bridgehead atoms. The van der Waals surface area contributed by atoms with E-state index >= 15 is 0 Å². The lowest BCUT2D eigenvalue weighted by Crippen LogP contribution is -2.29. The summed E-state index contributed by atoms with van der Waals surface area (Å²) in [6, 6.07) is 11.0. The first kappa shape index (κ1) is 25.7. The number of likely N-dealkylation sites (tertiary alicyclic amines) is 1. The molecule has 1 N–H and O–H groups in total. The van der Waals surface area contributed by atoms with E-state index in [2.05, 4.69) is 15.2 Å². The Kier molecular flexibility index (Phi) is 8.06. The smallest absolute Gasteiger partial charge is 0.251 e. The van der Waals surface area contributed by atoms with Crippen molar-refractivity contribution in [3.8, 4) is 11.5 Å². The fourth-order valence-corrected chi connectivity index (χ4v) is 5.24. The van der Waals surface area contributed by atoms with Crippen molar-refractivity contribution in [1.82, 2.24) is 15.2 Å². The van der Waals surface area contributed by atoms with E-state index in [1.807, 2.05) is 31.2 Å². The maximum absolute atomic E-state index is 13.0. The number of halogens is 1. The maximum Gasteiger partial charge on any atom is 0.251 e. The summed E-state index contributed by atoms with van der Waals surface area (Å²) in [6.07, 6.45) is 8.50. The van der Waals surface area contributed by atoms with Gasteiger partial charge in [-0.2, -0.15) is 0 Å². The lowest BCUT2D eigenvalue weighted by molar-refractivity contribution is -0.118. The minimum Gasteiger partial charge on any atom is -0.457 e. The third-order valence-corrected chi connectivity index (χ3v) is 7.63. The van der Waals surface area contributed by atoms with Gasteiger partial charge in [-0.15, -0.1) is 0 Å². The van der Waals surface area contributed by atoms with Crippen molar-refractivity contribution in [2.75, 3.05) is 26.2 Å². The van der Waals surface area contributed by atoms with E-state index in [0.717, 1.165) is 47.8 Å². The van der Waals surface area contributed by atoms with Crippen LogP contribution in [-0.4, -0.2) is 47.8 Å². The molecule has 5 rings (SSSR count). The van der Waals surface area contributed by atoms with Crippen molar-refractivity contribution in [3.05, 3.63) is 64.3 Å². The van der Waals surface area contributed by atoms with Gasteiger partial charge in [0.25, 0.3) is 5.91 Å². The second-order valence-electron chi connectivity index (χ2n) is 10.4. The summed E-state index contributed by atoms with van der Waals surface area (Å²) in [5.41, 5.74) is 3.07. The summed E-state index contributed by atoms with van der Waals surface area (Å²) in [4.78, 5) is 32.2. The quantitative estimate of drug-likeness (QED) is 0.309. The Balaban J connectivity index is 1.27. The highest BCUT2D eigenvalue weighted by Gasteiger charge is 2.24. The largest absolute Gasteiger partial charge is 0.457 e. The Bertz CT molecular complexity index is 1300. The van der Waals surface area contributed by atoms with E-state index in [0.29, 0.717) is 47.4 Å². The minimum atomic E-state index is -0.0844. The third kappa shape index (κ3) is 6.68. The molecule has 0 atom stereocenters. The van der Waals surface area contributed by atoms with Crippen molar-refractivity contribution in [1.29, 1.82) is 0 Å². The summed E-state index contributed by atoms with van der Waals surface area (Å²) >= 11 is 6.50. The average Bonchev–Trinajstić information content (AvgIpc) is 3.53. The SMILES string of the molecule is Cc1cc2nccc(Oc3ccc(CC(=O)CC4CC4)c(Cl)c3)c2cc1C(=O)NCCCN1CCCC1. The van der Waals surface area contributed by atoms with Gasteiger partial charge in [0.05, 0.1) is 5.52 Å². The second kappa shape index (κ2) is 11.6. The molecule has 1 aromatic heterocycles. The molecule has 3 aromatic rings. The number of hydrogen-bond acceptors (Lipinski definition) is 5. The van der Waals surface area contributed by atoms with Gasteiger partial charge in [0, 0.05) is 41.6 Å². The lowest BCUT2D eigenvalue weighted by Gasteiger charge is -2.15. The van der Waals surface area contributed by atoms with Gasteiger partial charge in [-0.3, -0.25) is 14.6 Å². The summed E-state index contributed by atoms with van der Waals surface area (Å²) in [5, 5.41) is 4.35. The molecular weight excluding hydrogens is 486 g/mol. The van der Waals surface area contributed by atoms with Crippen LogP contribution in [-0.2, 0) is 11.2 Å². The average molecular weight is 520 g/mol. The van der Waals surface area contributed by atoms with Crippen molar-refractivity contribution < 1.29 is 14.3 Å². The van der Waals surface area contributed by atoms with E-state index in [-0.39, 0.29) is 11.7 Å². The van der Waals surface area contributed by atoms with Crippen LogP contribution in [0.5, 0.6) is 11.5 Å². The number of ether oxygens (including phenoxy) is 1. The number of nitrogens with one attached hydrogen (secondary N) is 1. The lowest BCUT2D eigenvalue weighted by atomic mass is 10.0. The molecule has 1 saturated heterocycles. The molecular formula is C30H34ClN3O3. The first-order chi connectivity index (χ1) is 18.0. The van der Waals surface area contributed by atoms with Gasteiger partial charge in [0.15, 0.2) is 0 Å². The number of ketones is 1. The van der Waals surface area contributed by atoms with Crippen molar-refractivity contribution in [3.63, 3.8) is 0 Å². The molecule has 7 heteroatoms. The number of nitrogens with zero attached hydrogens (tertiary/aromatic N) is 2. The molecule has 0 unspecified atom stereocenters. The third-order valence-electron chi connectivity index (χ3n) is 7.28. The van der Waals surface area contributed by atoms with Crippen LogP contribution in [0.3, 0.4) is 0 Å². The van der Waals surface area contributed by atoms with E-state index in [1.165, 1.54) is 25.9 Å². The van der Waals surface area contributed by atoms with Crippen molar-refractivity contribution >= 4 is 34.2 Å². The number of rotatable bonds is 11. The van der Waals surface area contributed by atoms with Crippen LogP contribution in [0.15, 0.2) is 42.6 Å². The summed E-state index contributed by atoms with van der Waals surface area (Å²) in [5.74, 6) is 1.89. The van der Waals surface area contributed by atoms with E-state index in [4.69, 9.17) is 16.3 Å². The number of Topliss-reactive ketones (excluding diaryl/α,β-unsaturated/α-hetero) is 1. The first-order valence-corrected chi connectivity index (χ1v) is 13.7. The minimum absolute atomic E-state index is 0.0844. The number of hydrogen-bond donors (Lipinski definition) is 1. The van der Waals surface area contributed by atoms with Crippen LogP contribution in [0.1, 0.15) is 60.0 Å². The predicted octanol–water partition coefficient (Wildman–Crippen LogP) is 6.12. The van der Waals surface area contributed by atoms with Gasteiger partial charge >= 0.3 is 0 Å². The van der Waals surface area contributed by atoms with Gasteiger partial charge < -0.3 is 15.0 Å². The summed E-state index contributed by atoms with van der Waals surface area (Å²) < 4.78 is 6.19. The standard InChI is InChI=1S/C30H34ClN3O3/c1-20-15-28-26(19-25(20)30(36)33-10-4-14-34-12-2-3-13-34)29(9-11-32-28)37-24-8-7-22(27(31)18-24)17-23(35)16-21-5-6-21/h7-9,11,15,18-19,21H,2-6,10,12-14,16-17H2,1H3,(H,33,36). The molecule has 0 radical (unpaired) electrons. The zero-order valence-corrected chi connectivity index (χ0v) is 22.2. The number of carbonyl (C=O) groups excluding carboxylic acids is 2. The molecule has 2 fully saturated rings. The fraction of sp³-hybridized carbons (Fsp3) is 0.433. The summed E-state index contributed by atoms with van der Waals surface area (Å²) in [6.45, 7) is 5.93. The Morgan fingerprint density at radius 2 is 1.95 bits per heavy atom. The highest BCUT2D eigenvalue weighted by Crippen LogP contribution is 2.35. The van der Waals surface area contributed by atoms with Gasteiger partial charge in [-0.25, -0.2) is 0 Å². The molecule has 1 amide bonds. The van der Waals surface area contributed by atoms with E-state index < -0.39 is 0 Å². The van der Waals surface area contributed by atoms with Crippen LogP contribution in [0.2, 0.25) is 5.02 Å². The highest BCUT2D eigenvalue weighted by atomic mass is 35.5. The Morgan fingerprint density at radius 3 is 2.70 bits per heavy atom. The van der Waals surface area contributed by atoms with E-state index in [1.54, 1.807) is 18.3 Å². The van der Waals surface area contributed by atoms with Crippen LogP contribution >= 0.6 is 11.6 Å². The van der Waals surface area contributed by atoms with Gasteiger partial charge in [0.1, 0.15) is 17.3 Å². The van der Waals surface area contributed by atoms with E-state index in [9.17, 15) is 9.59 Å². The molecule has 1 aliphatic carbocycles. The number of pyridine rings is 1. The zero-order chi connectivity index (χ0) is 25.8. The Labute approximate surface area is 223 Å². The molecule has 2 aromatic carbocycles. The number of benzene rings is 2. The van der Waals surface area contributed by atoms with Crippen LogP contribution < -0.4 is 10.1 Å². The summed E-state index contributed by atoms with van der Waals surface area (Å²) in [7, 11) is 0. The predicted molar refractivity (Wildman–Crippen MR) is 147 cm³/mol. The van der Waals surface area contributed by atoms with Gasteiger partial charge in [0.2, 0.25) is 0 Å². The highest BCUT2D eigenvalue weighted by molar-refractivity contribution is 6.31. The number of aryl methyl sites for hydroxylation is 1. The van der Waals surface area contributed by atoms with Crippen LogP contribution in [0.25, 0.3) is 10.9 Å². The number of aromatic nitrogens is 1. The Hall–Kier alpha value is -2.96. The maximum atomic E-state index is 13.0. The van der Waals surface area contributed by atoms with Crippen molar-refractivity contribution in [2.24, 2.45) is 5.92 Å². The number of amides is 1. The Morgan fingerprint density at radius 1 is 1.14 bits per heavy atom. The van der Waals surface area contributed by atoms with Crippen molar-refractivity contribution in [2.45, 2.75) is 51.9 Å². The van der Waals surface area contributed by atoms with Crippen LogP contribution in [0, 0.1) is 12.8 Å². The van der Waals surface area contributed by atoms with Gasteiger partial charge in [-0.05, 0) is 106 Å². The zero-order valence-electron chi connectivity index (χ0n) is 21.4. The normalized spacial score (nSPS) is 15.7. The number of fused-ring (bicyclic) bond motifs is 1.